The first kappa shape index (κ1) is 35.6. The fourth-order valence-electron chi connectivity index (χ4n) is 2.84. The van der Waals surface area contributed by atoms with Crippen molar-refractivity contribution < 1.29 is 26.6 Å². The molecule has 0 radical (unpaired) electrons. The molecular formula is C18H42O6S7Si2. The van der Waals surface area contributed by atoms with Gasteiger partial charge in [0.2, 0.25) is 0 Å². The lowest BCUT2D eigenvalue weighted by molar-refractivity contribution is 0.0704. The summed E-state index contributed by atoms with van der Waals surface area (Å²) in [5, 5.41) is 0. The summed E-state index contributed by atoms with van der Waals surface area (Å²) >= 11 is 0. The van der Waals surface area contributed by atoms with Crippen LogP contribution in [0.3, 0.4) is 0 Å². The molecule has 200 valence electrons. The molecule has 0 amide bonds. The molecule has 0 atom stereocenters. The van der Waals surface area contributed by atoms with Crippen molar-refractivity contribution in [2.45, 2.75) is 66.5 Å². The fraction of sp³-hybridized carbons (Fsp3) is 1.00. The Morgan fingerprint density at radius 1 is 0.424 bits per heavy atom. The van der Waals surface area contributed by atoms with Crippen LogP contribution in [0.5, 0.6) is 0 Å². The van der Waals surface area contributed by atoms with E-state index in [1.807, 2.05) is 112 Å². The molecule has 33 heavy (non-hydrogen) atoms. The zero-order valence-corrected chi connectivity index (χ0v) is 28.5. The van der Waals surface area contributed by atoms with Crippen molar-refractivity contribution in [3.8, 4) is 0 Å². The van der Waals surface area contributed by atoms with Crippen molar-refractivity contribution in [2.75, 3.05) is 51.1 Å². The molecule has 0 aromatic carbocycles. The Hall–Kier alpha value is 2.64. The van der Waals surface area contributed by atoms with E-state index in [0.717, 1.165) is 36.4 Å². The molecule has 0 aliphatic carbocycles. The maximum Gasteiger partial charge on any atom is 0.500 e. The molecule has 15 heteroatoms. The van der Waals surface area contributed by atoms with Crippen molar-refractivity contribution >= 4 is 88.3 Å². The minimum Gasteiger partial charge on any atom is -0.374 e. The van der Waals surface area contributed by atoms with Gasteiger partial charge in [-0.1, -0.05) is 21.6 Å². The van der Waals surface area contributed by atoms with Crippen LogP contribution in [-0.2, 0) is 26.6 Å². The molecule has 0 heterocycles. The Labute approximate surface area is 230 Å². The van der Waals surface area contributed by atoms with Crippen molar-refractivity contribution in [2.24, 2.45) is 0 Å². The third kappa shape index (κ3) is 18.5. The largest absolute Gasteiger partial charge is 0.500 e. The van der Waals surface area contributed by atoms with E-state index in [1.165, 1.54) is 0 Å². The second-order valence-electron chi connectivity index (χ2n) is 6.16. The Kier molecular flexibility index (Phi) is 26.9. The third-order valence-corrected chi connectivity index (χ3v) is 23.4. The van der Waals surface area contributed by atoms with Crippen LogP contribution in [0.15, 0.2) is 0 Å². The van der Waals surface area contributed by atoms with Gasteiger partial charge in [-0.05, 0) is 104 Å². The van der Waals surface area contributed by atoms with Crippen molar-refractivity contribution in [3.05, 3.63) is 0 Å². The molecule has 0 fully saturated rings. The predicted molar refractivity (Wildman–Crippen MR) is 163 cm³/mol. The van der Waals surface area contributed by atoms with Crippen LogP contribution in [-0.4, -0.2) is 68.8 Å². The smallest absolute Gasteiger partial charge is 0.374 e. The molecule has 0 aromatic rings. The van der Waals surface area contributed by atoms with E-state index in [1.54, 1.807) is 0 Å². The van der Waals surface area contributed by atoms with Gasteiger partial charge >= 0.3 is 17.6 Å². The second-order valence-corrected chi connectivity index (χ2v) is 23.2. The van der Waals surface area contributed by atoms with E-state index in [9.17, 15) is 0 Å². The molecule has 0 spiro atoms. The number of rotatable bonds is 26. The predicted octanol–water partition coefficient (Wildman–Crippen LogP) is 8.49. The van der Waals surface area contributed by atoms with Gasteiger partial charge in [-0.25, -0.2) is 0 Å². The summed E-state index contributed by atoms with van der Waals surface area (Å²) in [5.41, 5.74) is 0. The fourth-order valence-corrected chi connectivity index (χ4v) is 23.0. The Morgan fingerprint density at radius 3 is 0.970 bits per heavy atom. The molecule has 6 nitrogen and oxygen atoms in total. The maximum atomic E-state index is 5.91. The monoisotopic (exact) mass is 634 g/mol. The number of hydrogen-bond acceptors (Lipinski definition) is 13. The molecule has 0 N–H and O–H groups in total. The molecule has 0 rings (SSSR count). The highest BCUT2D eigenvalue weighted by Crippen LogP contribution is 2.55. The van der Waals surface area contributed by atoms with Crippen LogP contribution in [0, 0.1) is 0 Å². The van der Waals surface area contributed by atoms with Gasteiger partial charge < -0.3 is 26.6 Å². The zero-order chi connectivity index (χ0) is 24.7. The summed E-state index contributed by atoms with van der Waals surface area (Å²) < 4.78 is 35.4. The van der Waals surface area contributed by atoms with Gasteiger partial charge in [0.05, 0.1) is 0 Å². The third-order valence-electron chi connectivity index (χ3n) is 3.81. The van der Waals surface area contributed by atoms with Crippen molar-refractivity contribution in [1.29, 1.82) is 0 Å². The van der Waals surface area contributed by atoms with Gasteiger partial charge in [0.1, 0.15) is 0 Å². The topological polar surface area (TPSA) is 55.4 Å². The van der Waals surface area contributed by atoms with Crippen LogP contribution in [0.25, 0.3) is 0 Å². The summed E-state index contributed by atoms with van der Waals surface area (Å²) in [7, 11) is 7.92. The minimum atomic E-state index is -2.49. The van der Waals surface area contributed by atoms with Crippen LogP contribution in [0.2, 0.25) is 12.1 Å². The summed E-state index contributed by atoms with van der Waals surface area (Å²) in [4.78, 5) is 0. The molecule has 0 aromatic heterocycles. The molecular weight excluding hydrogens is 593 g/mol. The van der Waals surface area contributed by atoms with E-state index in [2.05, 4.69) is 0 Å². The van der Waals surface area contributed by atoms with Crippen LogP contribution >= 0.6 is 70.7 Å². The summed E-state index contributed by atoms with van der Waals surface area (Å²) in [6, 6.07) is 1.77. The average molecular weight is 635 g/mol. The highest BCUT2D eigenvalue weighted by Gasteiger charge is 2.40. The van der Waals surface area contributed by atoms with Gasteiger partial charge in [0, 0.05) is 63.2 Å². The van der Waals surface area contributed by atoms with E-state index < -0.39 is 17.6 Å². The lowest BCUT2D eigenvalue weighted by Crippen LogP contribution is -2.46. The summed E-state index contributed by atoms with van der Waals surface area (Å²) in [5.74, 6) is 2.13. The molecule has 0 saturated carbocycles. The average Bonchev–Trinajstić information content (AvgIpc) is 2.78. The lowest BCUT2D eigenvalue weighted by Gasteiger charge is -2.28. The van der Waals surface area contributed by atoms with E-state index in [4.69, 9.17) is 26.6 Å². The molecule has 0 aliphatic rings. The van der Waals surface area contributed by atoms with Gasteiger partial charge in [-0.15, -0.1) is 0 Å². The van der Waals surface area contributed by atoms with Crippen molar-refractivity contribution in [3.63, 3.8) is 0 Å². The van der Waals surface area contributed by atoms with E-state index >= 15 is 0 Å². The molecule has 0 bridgehead atoms. The SMILES string of the molecule is CCO[Si](CCCSSSSSSSCCC[Si](OCC)(OCC)OCC)(OCC)OCC. The van der Waals surface area contributed by atoms with Gasteiger partial charge in [-0.2, -0.15) is 0 Å². The van der Waals surface area contributed by atoms with Gasteiger partial charge in [-0.3, -0.25) is 0 Å². The minimum absolute atomic E-state index is 0.641. The van der Waals surface area contributed by atoms with Gasteiger partial charge in [0.15, 0.2) is 0 Å². The standard InChI is InChI=1S/C18H42O6S7Si2/c1-7-19-32(20-8-2,21-9-3)17-13-15-25-27-29-31-30-28-26-16-14-18-33(22-10-4,23-11-5)24-12-6/h7-18H2,1-6H3. The van der Waals surface area contributed by atoms with Crippen LogP contribution in [0.1, 0.15) is 54.4 Å². The first-order valence-corrected chi connectivity index (χ1v) is 24.5. The maximum absolute atomic E-state index is 5.91. The molecule has 0 unspecified atom stereocenters. The van der Waals surface area contributed by atoms with Gasteiger partial charge in [0.25, 0.3) is 0 Å². The Bertz CT molecular complexity index is 366. The van der Waals surface area contributed by atoms with Crippen LogP contribution < -0.4 is 0 Å². The first-order chi connectivity index (χ1) is 16.1. The Morgan fingerprint density at radius 2 is 0.697 bits per heavy atom. The first-order valence-electron chi connectivity index (χ1n) is 11.5. The van der Waals surface area contributed by atoms with Crippen molar-refractivity contribution in [1.82, 2.24) is 0 Å². The summed E-state index contributed by atoms with van der Waals surface area (Å²) in [6.07, 6.45) is 2.09. The van der Waals surface area contributed by atoms with E-state index in [-0.39, 0.29) is 0 Å². The molecule has 0 aliphatic heterocycles. The second kappa shape index (κ2) is 25.0. The Balaban J connectivity index is 3.79. The lowest BCUT2D eigenvalue weighted by atomic mass is 10.6. The number of hydrogen-bond donors (Lipinski definition) is 0. The normalized spacial score (nSPS) is 12.5. The van der Waals surface area contributed by atoms with E-state index in [0.29, 0.717) is 39.6 Å². The van der Waals surface area contributed by atoms with Crippen LogP contribution in [0.4, 0.5) is 0 Å². The zero-order valence-electron chi connectivity index (χ0n) is 20.8. The highest BCUT2D eigenvalue weighted by atomic mass is 33.9. The quantitative estimate of drug-likeness (QED) is 0.0520. The summed E-state index contributed by atoms with van der Waals surface area (Å²) in [6.45, 7) is 15.9. The molecule has 0 saturated heterocycles. The highest BCUT2D eigenvalue weighted by molar-refractivity contribution is 9.45.